The Labute approximate surface area is 194 Å². The Bertz CT molecular complexity index is 1010. The van der Waals surface area contributed by atoms with Crippen molar-refractivity contribution in [3.8, 4) is 0 Å². The lowest BCUT2D eigenvalue weighted by Gasteiger charge is -2.37. The molecule has 31 heavy (non-hydrogen) atoms. The van der Waals surface area contributed by atoms with Gasteiger partial charge in [-0.1, -0.05) is 55.8 Å². The van der Waals surface area contributed by atoms with Crippen LogP contribution in [0.2, 0.25) is 5.02 Å². The SMILES string of the molecule is CCc1cc(C(c2ccc(Cl)cc2)N2CCC(C)CC2)c(NC(=O)c2ccccc2)s1. The average Bonchev–Trinajstić information content (AvgIpc) is 3.19. The van der Waals surface area contributed by atoms with Crippen LogP contribution in [0.3, 0.4) is 0 Å². The van der Waals surface area contributed by atoms with Gasteiger partial charge in [-0.25, -0.2) is 0 Å². The Balaban J connectivity index is 1.72. The molecule has 0 bridgehead atoms. The molecule has 2 aromatic carbocycles. The lowest BCUT2D eigenvalue weighted by Crippen LogP contribution is -2.37. The zero-order valence-corrected chi connectivity index (χ0v) is 19.7. The third-order valence-electron chi connectivity index (χ3n) is 6.09. The molecule has 162 valence electrons. The number of carbonyl (C=O) groups is 1. The van der Waals surface area contributed by atoms with E-state index in [0.29, 0.717) is 5.56 Å². The maximum absolute atomic E-state index is 13.0. The number of hydrogen-bond donors (Lipinski definition) is 1. The van der Waals surface area contributed by atoms with Crippen LogP contribution in [0.4, 0.5) is 5.00 Å². The van der Waals surface area contributed by atoms with Crippen molar-refractivity contribution in [3.63, 3.8) is 0 Å². The van der Waals surface area contributed by atoms with Crippen LogP contribution in [-0.4, -0.2) is 23.9 Å². The van der Waals surface area contributed by atoms with Gasteiger partial charge in [0.2, 0.25) is 0 Å². The summed E-state index contributed by atoms with van der Waals surface area (Å²) in [6.45, 7) is 6.61. The summed E-state index contributed by atoms with van der Waals surface area (Å²) in [5, 5.41) is 4.91. The second-order valence-corrected chi connectivity index (χ2v) is 9.92. The van der Waals surface area contributed by atoms with Crippen LogP contribution < -0.4 is 5.32 Å². The Morgan fingerprint density at radius 2 is 1.81 bits per heavy atom. The number of piperidine rings is 1. The third kappa shape index (κ3) is 5.20. The van der Waals surface area contributed by atoms with Crippen LogP contribution >= 0.6 is 22.9 Å². The molecule has 1 aromatic heterocycles. The first kappa shape index (κ1) is 22.1. The highest BCUT2D eigenvalue weighted by Gasteiger charge is 2.29. The van der Waals surface area contributed by atoms with Crippen LogP contribution in [-0.2, 0) is 6.42 Å². The summed E-state index contributed by atoms with van der Waals surface area (Å²) in [4.78, 5) is 16.8. The topological polar surface area (TPSA) is 32.3 Å². The zero-order valence-electron chi connectivity index (χ0n) is 18.1. The summed E-state index contributed by atoms with van der Waals surface area (Å²) in [6.07, 6.45) is 3.34. The first-order valence-corrected chi connectivity index (χ1v) is 12.2. The summed E-state index contributed by atoms with van der Waals surface area (Å²) in [6, 6.07) is 20.0. The van der Waals surface area contributed by atoms with E-state index in [2.05, 4.69) is 42.3 Å². The van der Waals surface area contributed by atoms with E-state index in [4.69, 9.17) is 11.6 Å². The van der Waals surface area contributed by atoms with Crippen molar-refractivity contribution in [1.82, 2.24) is 4.90 Å². The van der Waals surface area contributed by atoms with Gasteiger partial charge in [0.05, 0.1) is 6.04 Å². The monoisotopic (exact) mass is 452 g/mol. The first-order valence-electron chi connectivity index (χ1n) is 11.0. The van der Waals surface area contributed by atoms with Gasteiger partial charge in [0.1, 0.15) is 5.00 Å². The minimum Gasteiger partial charge on any atom is -0.313 e. The highest BCUT2D eigenvalue weighted by Crippen LogP contribution is 2.41. The fourth-order valence-electron chi connectivity index (χ4n) is 4.22. The molecule has 1 atom stereocenters. The number of likely N-dealkylation sites (tertiary alicyclic amines) is 1. The van der Waals surface area contributed by atoms with Gasteiger partial charge in [0.25, 0.3) is 5.91 Å². The molecule has 1 amide bonds. The zero-order chi connectivity index (χ0) is 21.8. The van der Waals surface area contributed by atoms with Crippen LogP contribution in [0.25, 0.3) is 0 Å². The lowest BCUT2D eigenvalue weighted by atomic mass is 9.92. The molecule has 3 nitrogen and oxygen atoms in total. The van der Waals surface area contributed by atoms with Crippen molar-refractivity contribution in [2.75, 3.05) is 18.4 Å². The van der Waals surface area contributed by atoms with Crippen molar-refractivity contribution in [3.05, 3.63) is 87.3 Å². The van der Waals surface area contributed by atoms with Crippen molar-refractivity contribution < 1.29 is 4.79 Å². The molecule has 0 saturated carbocycles. The molecule has 0 radical (unpaired) electrons. The molecule has 1 N–H and O–H groups in total. The number of thiophene rings is 1. The fourth-order valence-corrected chi connectivity index (χ4v) is 5.37. The molecule has 5 heteroatoms. The van der Waals surface area contributed by atoms with Gasteiger partial charge in [-0.05, 0) is 74.2 Å². The maximum Gasteiger partial charge on any atom is 0.256 e. The predicted molar refractivity (Wildman–Crippen MR) is 131 cm³/mol. The fraction of sp³-hybridized carbons (Fsp3) is 0.346. The van der Waals surface area contributed by atoms with Crippen molar-refractivity contribution >= 4 is 33.8 Å². The van der Waals surface area contributed by atoms with E-state index in [1.807, 2.05) is 42.5 Å². The predicted octanol–water partition coefficient (Wildman–Crippen LogP) is 7.04. The van der Waals surface area contributed by atoms with E-state index >= 15 is 0 Å². The summed E-state index contributed by atoms with van der Waals surface area (Å²) in [5.41, 5.74) is 3.08. The Kier molecular flexibility index (Phi) is 7.11. The van der Waals surface area contributed by atoms with Crippen LogP contribution in [0, 0.1) is 5.92 Å². The molecule has 3 aromatic rings. The number of amides is 1. The molecule has 0 spiro atoms. The third-order valence-corrected chi connectivity index (χ3v) is 7.55. The van der Waals surface area contributed by atoms with E-state index in [1.165, 1.54) is 28.8 Å². The Hall–Kier alpha value is -2.14. The van der Waals surface area contributed by atoms with Gasteiger partial charge >= 0.3 is 0 Å². The van der Waals surface area contributed by atoms with Crippen LogP contribution in [0.5, 0.6) is 0 Å². The molecule has 1 saturated heterocycles. The first-order chi connectivity index (χ1) is 15.0. The van der Waals surface area contributed by atoms with Gasteiger partial charge in [-0.3, -0.25) is 9.69 Å². The van der Waals surface area contributed by atoms with E-state index < -0.39 is 0 Å². The van der Waals surface area contributed by atoms with Crippen molar-refractivity contribution in [2.45, 2.75) is 39.2 Å². The molecular weight excluding hydrogens is 424 g/mol. The number of carbonyl (C=O) groups excluding carboxylic acids is 1. The normalized spacial score (nSPS) is 16.2. The second-order valence-electron chi connectivity index (χ2n) is 8.34. The van der Waals surface area contributed by atoms with Gasteiger partial charge in [-0.2, -0.15) is 0 Å². The van der Waals surface area contributed by atoms with E-state index in [-0.39, 0.29) is 11.9 Å². The van der Waals surface area contributed by atoms with Crippen molar-refractivity contribution in [1.29, 1.82) is 0 Å². The number of halogens is 1. The molecule has 1 aliphatic heterocycles. The number of nitrogens with one attached hydrogen (secondary N) is 1. The minimum atomic E-state index is -0.0616. The summed E-state index contributed by atoms with van der Waals surface area (Å²) in [7, 11) is 0. The molecule has 1 unspecified atom stereocenters. The number of benzene rings is 2. The molecule has 0 aliphatic carbocycles. The molecule has 1 aliphatic rings. The van der Waals surface area contributed by atoms with Gasteiger partial charge in [0, 0.05) is 21.0 Å². The second kappa shape index (κ2) is 9.99. The molecular formula is C26H29ClN2OS. The Morgan fingerprint density at radius 1 is 1.13 bits per heavy atom. The summed E-state index contributed by atoms with van der Waals surface area (Å²) in [5.74, 6) is 0.696. The van der Waals surface area contributed by atoms with E-state index in [1.54, 1.807) is 11.3 Å². The van der Waals surface area contributed by atoms with Crippen molar-refractivity contribution in [2.24, 2.45) is 5.92 Å². The smallest absolute Gasteiger partial charge is 0.256 e. The number of hydrogen-bond acceptors (Lipinski definition) is 3. The number of aryl methyl sites for hydroxylation is 1. The van der Waals surface area contributed by atoms with Crippen LogP contribution in [0.1, 0.15) is 59.1 Å². The number of anilines is 1. The van der Waals surface area contributed by atoms with Gasteiger partial charge in [-0.15, -0.1) is 11.3 Å². The maximum atomic E-state index is 13.0. The minimum absolute atomic E-state index is 0.0616. The Morgan fingerprint density at radius 3 is 2.45 bits per heavy atom. The quantitative estimate of drug-likeness (QED) is 0.435. The molecule has 4 rings (SSSR count). The lowest BCUT2D eigenvalue weighted by molar-refractivity contribution is 0.102. The molecule has 1 fully saturated rings. The van der Waals surface area contributed by atoms with Gasteiger partial charge < -0.3 is 5.32 Å². The highest BCUT2D eigenvalue weighted by molar-refractivity contribution is 7.16. The number of rotatable bonds is 6. The highest BCUT2D eigenvalue weighted by atomic mass is 35.5. The standard InChI is InChI=1S/C26H29ClN2OS/c1-3-22-17-23(26(31-22)28-25(30)20-7-5-4-6-8-20)24(19-9-11-21(27)12-10-19)29-15-13-18(2)14-16-29/h4-12,17-18,24H,3,13-16H2,1-2H3,(H,28,30). The molecule has 2 heterocycles. The average molecular weight is 453 g/mol. The van der Waals surface area contributed by atoms with E-state index in [9.17, 15) is 4.79 Å². The van der Waals surface area contributed by atoms with E-state index in [0.717, 1.165) is 35.5 Å². The van der Waals surface area contributed by atoms with Gasteiger partial charge in [0.15, 0.2) is 0 Å². The summed E-state index contributed by atoms with van der Waals surface area (Å²) >= 11 is 7.88. The summed E-state index contributed by atoms with van der Waals surface area (Å²) < 4.78 is 0. The largest absolute Gasteiger partial charge is 0.313 e. The number of nitrogens with zero attached hydrogens (tertiary/aromatic N) is 1. The van der Waals surface area contributed by atoms with Crippen LogP contribution in [0.15, 0.2) is 60.7 Å².